The number of aromatic hydroxyl groups is 3. The molecule has 4 aromatic rings. The van der Waals surface area contributed by atoms with Gasteiger partial charge in [0.25, 0.3) is 0 Å². The van der Waals surface area contributed by atoms with Crippen LogP contribution in [-0.2, 0) is 11.8 Å². The summed E-state index contributed by atoms with van der Waals surface area (Å²) in [4.78, 5) is 0. The Labute approximate surface area is 229 Å². The van der Waals surface area contributed by atoms with E-state index in [9.17, 15) is 20.4 Å². The average molecular weight is 517 g/mol. The highest BCUT2D eigenvalue weighted by Crippen LogP contribution is 2.57. The SMILES string of the molecule is C=C/C(=C\C=C(/C)O)C1(c2ccc(O)c(CC(C)c3ccc(O)cc3O)c2)c2ccccc2-c2ccccc21. The highest BCUT2D eigenvalue weighted by molar-refractivity contribution is 5.86. The van der Waals surface area contributed by atoms with Crippen molar-refractivity contribution in [2.45, 2.75) is 31.6 Å². The van der Waals surface area contributed by atoms with Crippen LogP contribution in [0.1, 0.15) is 47.6 Å². The van der Waals surface area contributed by atoms with Gasteiger partial charge in [-0.3, -0.25) is 0 Å². The van der Waals surface area contributed by atoms with Crippen molar-refractivity contribution in [1.29, 1.82) is 0 Å². The summed E-state index contributed by atoms with van der Waals surface area (Å²) < 4.78 is 0. The van der Waals surface area contributed by atoms with Crippen LogP contribution in [0.2, 0.25) is 0 Å². The molecule has 1 atom stereocenters. The average Bonchev–Trinajstić information content (AvgIpc) is 3.21. The van der Waals surface area contributed by atoms with Crippen molar-refractivity contribution in [3.63, 3.8) is 0 Å². The van der Waals surface area contributed by atoms with Crippen LogP contribution < -0.4 is 0 Å². The third kappa shape index (κ3) is 4.38. The van der Waals surface area contributed by atoms with E-state index >= 15 is 0 Å². The molecule has 4 N–H and O–H groups in total. The number of aliphatic hydroxyl groups is 1. The molecule has 0 fully saturated rings. The van der Waals surface area contributed by atoms with Gasteiger partial charge >= 0.3 is 0 Å². The van der Waals surface area contributed by atoms with Gasteiger partial charge in [0.2, 0.25) is 0 Å². The summed E-state index contributed by atoms with van der Waals surface area (Å²) in [6, 6.07) is 27.0. The van der Waals surface area contributed by atoms with E-state index in [1.165, 1.54) is 6.07 Å². The second-order valence-electron chi connectivity index (χ2n) is 10.2. The van der Waals surface area contributed by atoms with Crippen LogP contribution in [0.3, 0.4) is 0 Å². The molecule has 4 nitrogen and oxygen atoms in total. The van der Waals surface area contributed by atoms with Crippen LogP contribution in [0.25, 0.3) is 11.1 Å². The second-order valence-corrected chi connectivity index (χ2v) is 10.2. The molecule has 0 saturated heterocycles. The molecule has 5 rings (SSSR count). The zero-order valence-electron chi connectivity index (χ0n) is 22.1. The molecule has 0 aliphatic heterocycles. The molecule has 0 spiro atoms. The fourth-order valence-corrected chi connectivity index (χ4v) is 5.95. The first-order valence-electron chi connectivity index (χ1n) is 13.0. The van der Waals surface area contributed by atoms with Gasteiger partial charge in [-0.15, -0.1) is 0 Å². The fourth-order valence-electron chi connectivity index (χ4n) is 5.95. The Morgan fingerprint density at radius 1 is 0.821 bits per heavy atom. The fraction of sp³-hybridized carbons (Fsp3) is 0.143. The summed E-state index contributed by atoms with van der Waals surface area (Å²) >= 11 is 0. The van der Waals surface area contributed by atoms with E-state index in [1.54, 1.807) is 31.2 Å². The Kier molecular flexibility index (Phi) is 6.80. The van der Waals surface area contributed by atoms with Gasteiger partial charge in [-0.1, -0.05) is 92.4 Å². The summed E-state index contributed by atoms with van der Waals surface area (Å²) in [6.07, 6.45) is 5.90. The highest BCUT2D eigenvalue weighted by atomic mass is 16.3. The van der Waals surface area contributed by atoms with E-state index in [0.717, 1.165) is 39.0 Å². The van der Waals surface area contributed by atoms with Crippen molar-refractivity contribution in [2.24, 2.45) is 0 Å². The van der Waals surface area contributed by atoms with E-state index in [-0.39, 0.29) is 28.9 Å². The highest BCUT2D eigenvalue weighted by Gasteiger charge is 2.46. The van der Waals surface area contributed by atoms with E-state index in [1.807, 2.05) is 55.5 Å². The normalized spacial score (nSPS) is 14.9. The smallest absolute Gasteiger partial charge is 0.122 e. The first kappa shape index (κ1) is 25.9. The lowest BCUT2D eigenvalue weighted by molar-refractivity contribution is 0.414. The van der Waals surface area contributed by atoms with E-state index in [0.29, 0.717) is 12.0 Å². The number of fused-ring (bicyclic) bond motifs is 3. The molecule has 0 heterocycles. The zero-order chi connectivity index (χ0) is 27.7. The number of hydrogen-bond donors (Lipinski definition) is 4. The van der Waals surface area contributed by atoms with Gasteiger partial charge in [-0.25, -0.2) is 0 Å². The summed E-state index contributed by atoms with van der Waals surface area (Å²) in [5.74, 6) is 0.271. The molecule has 0 bridgehead atoms. The summed E-state index contributed by atoms with van der Waals surface area (Å²) in [5, 5.41) is 41.1. The van der Waals surface area contributed by atoms with Crippen LogP contribution in [0.5, 0.6) is 17.2 Å². The monoisotopic (exact) mass is 516 g/mol. The lowest BCUT2D eigenvalue weighted by Crippen LogP contribution is -2.29. The minimum absolute atomic E-state index is 0.00436. The minimum atomic E-state index is -0.729. The van der Waals surface area contributed by atoms with Gasteiger partial charge in [0.05, 0.1) is 11.2 Å². The first-order valence-corrected chi connectivity index (χ1v) is 13.0. The quantitative estimate of drug-likeness (QED) is 0.148. The van der Waals surface area contributed by atoms with Gasteiger partial charge in [0, 0.05) is 6.07 Å². The van der Waals surface area contributed by atoms with E-state index in [2.05, 4.69) is 30.8 Å². The third-order valence-corrected chi connectivity index (χ3v) is 7.69. The topological polar surface area (TPSA) is 80.9 Å². The predicted octanol–water partition coefficient (Wildman–Crippen LogP) is 8.04. The lowest BCUT2D eigenvalue weighted by atomic mass is 9.66. The molecular weight excluding hydrogens is 484 g/mol. The van der Waals surface area contributed by atoms with Crippen molar-refractivity contribution in [3.05, 3.63) is 149 Å². The minimum Gasteiger partial charge on any atom is -0.513 e. The predicted molar refractivity (Wildman–Crippen MR) is 156 cm³/mol. The summed E-state index contributed by atoms with van der Waals surface area (Å²) in [6.45, 7) is 7.79. The zero-order valence-corrected chi connectivity index (χ0v) is 22.1. The Hall–Kier alpha value is -4.70. The van der Waals surface area contributed by atoms with Crippen molar-refractivity contribution >= 4 is 0 Å². The standard InChI is InChI=1S/C35H32O4/c1-4-25(14-13-23(3)36)35(31-11-7-5-9-29(31)30-10-6-8-12-32(30)35)26-15-18-33(38)24(20-26)19-22(2)28-17-16-27(37)21-34(28)39/h4-18,20-22,36-39H,1,19H2,2-3H3/b23-13+,25-14+. The van der Waals surface area contributed by atoms with Crippen molar-refractivity contribution < 1.29 is 20.4 Å². The first-order chi connectivity index (χ1) is 18.8. The largest absolute Gasteiger partial charge is 0.513 e. The van der Waals surface area contributed by atoms with Crippen LogP contribution in [0, 0.1) is 0 Å². The van der Waals surface area contributed by atoms with Crippen LogP contribution >= 0.6 is 0 Å². The number of phenols is 3. The molecule has 196 valence electrons. The van der Waals surface area contributed by atoms with Crippen molar-refractivity contribution in [2.75, 3.05) is 0 Å². The summed E-state index contributed by atoms with van der Waals surface area (Å²) in [7, 11) is 0. The van der Waals surface area contributed by atoms with Gasteiger partial charge < -0.3 is 20.4 Å². The molecule has 0 aromatic heterocycles. The molecule has 1 aliphatic rings. The maximum Gasteiger partial charge on any atom is 0.122 e. The van der Waals surface area contributed by atoms with Gasteiger partial charge in [-0.2, -0.15) is 0 Å². The lowest BCUT2D eigenvalue weighted by Gasteiger charge is -2.35. The van der Waals surface area contributed by atoms with E-state index in [4.69, 9.17) is 0 Å². The third-order valence-electron chi connectivity index (χ3n) is 7.69. The van der Waals surface area contributed by atoms with Gasteiger partial charge in [0.15, 0.2) is 0 Å². The Bertz CT molecular complexity index is 1580. The molecule has 39 heavy (non-hydrogen) atoms. The molecule has 0 saturated carbocycles. The second kappa shape index (κ2) is 10.2. The molecule has 4 aromatic carbocycles. The van der Waals surface area contributed by atoms with Crippen LogP contribution in [0.15, 0.2) is 121 Å². The van der Waals surface area contributed by atoms with E-state index < -0.39 is 5.41 Å². The molecular formula is C35H32O4. The number of aliphatic hydroxyl groups excluding tert-OH is 1. The van der Waals surface area contributed by atoms with Gasteiger partial charge in [0.1, 0.15) is 17.2 Å². The number of rotatable bonds is 7. The van der Waals surface area contributed by atoms with Crippen LogP contribution in [-0.4, -0.2) is 20.4 Å². The molecule has 4 heteroatoms. The Balaban J connectivity index is 1.74. The summed E-state index contributed by atoms with van der Waals surface area (Å²) in [5.41, 5.74) is 7.02. The molecule has 0 amide bonds. The van der Waals surface area contributed by atoms with Crippen molar-refractivity contribution in [1.82, 2.24) is 0 Å². The Morgan fingerprint density at radius 3 is 2.05 bits per heavy atom. The maximum absolute atomic E-state index is 11.0. The number of allylic oxidation sites excluding steroid dienone is 5. The Morgan fingerprint density at radius 2 is 1.46 bits per heavy atom. The molecule has 0 radical (unpaired) electrons. The number of hydrogen-bond acceptors (Lipinski definition) is 4. The van der Waals surface area contributed by atoms with Crippen molar-refractivity contribution in [3.8, 4) is 28.4 Å². The molecule has 1 unspecified atom stereocenters. The van der Waals surface area contributed by atoms with Crippen LogP contribution in [0.4, 0.5) is 0 Å². The van der Waals surface area contributed by atoms with Gasteiger partial charge in [-0.05, 0) is 82.0 Å². The molecule has 1 aliphatic carbocycles. The maximum atomic E-state index is 11.0. The number of benzene rings is 4. The number of phenolic OH excluding ortho intramolecular Hbond substituents is 3.